The monoisotopic (exact) mass is 209 g/mol. The topological polar surface area (TPSA) is 43.8 Å². The predicted octanol–water partition coefficient (Wildman–Crippen LogP) is 2.76. The van der Waals surface area contributed by atoms with E-state index in [2.05, 4.69) is 25.9 Å². The van der Waals surface area contributed by atoms with Crippen molar-refractivity contribution in [1.29, 1.82) is 0 Å². The summed E-state index contributed by atoms with van der Waals surface area (Å²) in [5.74, 6) is 1.40. The lowest BCUT2D eigenvalue weighted by Crippen LogP contribution is -2.12. The van der Waals surface area contributed by atoms with Crippen LogP contribution in [0.15, 0.2) is 0 Å². The van der Waals surface area contributed by atoms with E-state index in [4.69, 9.17) is 5.73 Å². The first kappa shape index (κ1) is 12.1. The second-order valence-electron chi connectivity index (χ2n) is 5.00. The first-order valence-electron chi connectivity index (χ1n) is 5.71. The van der Waals surface area contributed by atoms with Crippen LogP contribution in [0.4, 0.5) is 5.69 Å². The van der Waals surface area contributed by atoms with E-state index in [-0.39, 0.29) is 0 Å². The maximum atomic E-state index is 5.90. The van der Waals surface area contributed by atoms with Gasteiger partial charge in [0.05, 0.1) is 17.1 Å². The highest BCUT2D eigenvalue weighted by Gasteiger charge is 2.11. The van der Waals surface area contributed by atoms with Crippen LogP contribution < -0.4 is 5.73 Å². The summed E-state index contributed by atoms with van der Waals surface area (Å²) < 4.78 is 2.04. The standard InChI is InChI=1S/C12H23N3/c1-8(2)6-9(3)7-15-11(5)12(13)10(4)14-15/h8-9H,6-7,13H2,1-5H3. The second kappa shape index (κ2) is 4.69. The highest BCUT2D eigenvalue weighted by atomic mass is 15.3. The van der Waals surface area contributed by atoms with Crippen molar-refractivity contribution in [3.05, 3.63) is 11.4 Å². The molecule has 1 heterocycles. The maximum absolute atomic E-state index is 5.90. The van der Waals surface area contributed by atoms with E-state index in [0.717, 1.165) is 29.5 Å². The Morgan fingerprint density at radius 3 is 2.27 bits per heavy atom. The van der Waals surface area contributed by atoms with Gasteiger partial charge in [-0.2, -0.15) is 5.10 Å². The van der Waals surface area contributed by atoms with Crippen LogP contribution in [0.1, 0.15) is 38.6 Å². The third kappa shape index (κ3) is 2.98. The van der Waals surface area contributed by atoms with E-state index in [1.807, 2.05) is 18.5 Å². The third-order valence-corrected chi connectivity index (χ3v) is 2.80. The number of anilines is 1. The first-order valence-corrected chi connectivity index (χ1v) is 5.71. The number of nitrogen functional groups attached to an aromatic ring is 1. The van der Waals surface area contributed by atoms with Crippen LogP contribution >= 0.6 is 0 Å². The van der Waals surface area contributed by atoms with E-state index in [1.54, 1.807) is 0 Å². The molecule has 0 amide bonds. The molecule has 0 aromatic carbocycles. The molecule has 0 saturated carbocycles. The SMILES string of the molecule is Cc1nn(CC(C)CC(C)C)c(C)c1N. The molecule has 15 heavy (non-hydrogen) atoms. The van der Waals surface area contributed by atoms with Crippen LogP contribution in [-0.4, -0.2) is 9.78 Å². The Morgan fingerprint density at radius 1 is 1.27 bits per heavy atom. The summed E-state index contributed by atoms with van der Waals surface area (Å²) in [6.45, 7) is 11.8. The largest absolute Gasteiger partial charge is 0.396 e. The summed E-state index contributed by atoms with van der Waals surface area (Å²) in [6, 6.07) is 0. The molecule has 0 aliphatic rings. The number of hydrogen-bond donors (Lipinski definition) is 1. The van der Waals surface area contributed by atoms with E-state index in [0.29, 0.717) is 5.92 Å². The van der Waals surface area contributed by atoms with Crippen molar-refractivity contribution < 1.29 is 0 Å². The number of aryl methyl sites for hydroxylation is 1. The van der Waals surface area contributed by atoms with Gasteiger partial charge in [0.1, 0.15) is 0 Å². The molecule has 0 aliphatic heterocycles. The number of nitrogens with zero attached hydrogens (tertiary/aromatic N) is 2. The molecule has 0 saturated heterocycles. The van der Waals surface area contributed by atoms with E-state index >= 15 is 0 Å². The van der Waals surface area contributed by atoms with Crippen molar-refractivity contribution >= 4 is 5.69 Å². The van der Waals surface area contributed by atoms with Gasteiger partial charge < -0.3 is 5.73 Å². The van der Waals surface area contributed by atoms with E-state index < -0.39 is 0 Å². The minimum absolute atomic E-state index is 0.655. The number of aromatic nitrogens is 2. The molecule has 0 radical (unpaired) electrons. The highest BCUT2D eigenvalue weighted by Crippen LogP contribution is 2.18. The average molecular weight is 209 g/mol. The molecule has 1 rings (SSSR count). The normalized spacial score (nSPS) is 13.5. The molecule has 1 atom stereocenters. The van der Waals surface area contributed by atoms with Crippen molar-refractivity contribution in [2.24, 2.45) is 11.8 Å². The van der Waals surface area contributed by atoms with Gasteiger partial charge in [-0.15, -0.1) is 0 Å². The van der Waals surface area contributed by atoms with Gasteiger partial charge in [0.15, 0.2) is 0 Å². The van der Waals surface area contributed by atoms with Gasteiger partial charge in [0.2, 0.25) is 0 Å². The summed E-state index contributed by atoms with van der Waals surface area (Å²) >= 11 is 0. The van der Waals surface area contributed by atoms with Gasteiger partial charge in [0.25, 0.3) is 0 Å². The van der Waals surface area contributed by atoms with Crippen LogP contribution in [-0.2, 0) is 6.54 Å². The highest BCUT2D eigenvalue weighted by molar-refractivity contribution is 5.46. The Hall–Kier alpha value is -0.990. The molecular formula is C12H23N3. The van der Waals surface area contributed by atoms with Crippen molar-refractivity contribution in [1.82, 2.24) is 9.78 Å². The van der Waals surface area contributed by atoms with Gasteiger partial charge in [-0.3, -0.25) is 4.68 Å². The Balaban J connectivity index is 2.68. The van der Waals surface area contributed by atoms with Crippen LogP contribution in [0.3, 0.4) is 0 Å². The molecule has 3 heteroatoms. The zero-order valence-corrected chi connectivity index (χ0v) is 10.5. The second-order valence-corrected chi connectivity index (χ2v) is 5.00. The van der Waals surface area contributed by atoms with Crippen LogP contribution in [0.25, 0.3) is 0 Å². The fraction of sp³-hybridized carbons (Fsp3) is 0.750. The summed E-state index contributed by atoms with van der Waals surface area (Å²) in [4.78, 5) is 0. The maximum Gasteiger partial charge on any atom is 0.0825 e. The van der Waals surface area contributed by atoms with Crippen molar-refractivity contribution in [2.45, 2.75) is 47.6 Å². The summed E-state index contributed by atoms with van der Waals surface area (Å²) in [5, 5.41) is 4.45. The third-order valence-electron chi connectivity index (χ3n) is 2.80. The molecule has 2 N–H and O–H groups in total. The number of hydrogen-bond acceptors (Lipinski definition) is 2. The lowest BCUT2D eigenvalue weighted by Gasteiger charge is -2.14. The molecule has 1 unspecified atom stereocenters. The molecular weight excluding hydrogens is 186 g/mol. The van der Waals surface area contributed by atoms with Crippen molar-refractivity contribution in [3.63, 3.8) is 0 Å². The van der Waals surface area contributed by atoms with Crippen LogP contribution in [0.2, 0.25) is 0 Å². The van der Waals surface area contributed by atoms with Gasteiger partial charge >= 0.3 is 0 Å². The fourth-order valence-electron chi connectivity index (χ4n) is 2.06. The van der Waals surface area contributed by atoms with Gasteiger partial charge in [0, 0.05) is 6.54 Å². The lowest BCUT2D eigenvalue weighted by atomic mass is 9.99. The van der Waals surface area contributed by atoms with Gasteiger partial charge in [-0.25, -0.2) is 0 Å². The smallest absolute Gasteiger partial charge is 0.0825 e. The number of rotatable bonds is 4. The Labute approximate surface area is 92.7 Å². The summed E-state index contributed by atoms with van der Waals surface area (Å²) in [5.41, 5.74) is 8.78. The summed E-state index contributed by atoms with van der Waals surface area (Å²) in [6.07, 6.45) is 1.23. The zero-order chi connectivity index (χ0) is 11.6. The lowest BCUT2D eigenvalue weighted by molar-refractivity contribution is 0.369. The summed E-state index contributed by atoms with van der Waals surface area (Å²) in [7, 11) is 0. The molecule has 0 spiro atoms. The predicted molar refractivity (Wildman–Crippen MR) is 64.7 cm³/mol. The molecule has 86 valence electrons. The van der Waals surface area contributed by atoms with Gasteiger partial charge in [-0.1, -0.05) is 20.8 Å². The van der Waals surface area contributed by atoms with Crippen molar-refractivity contribution in [3.8, 4) is 0 Å². The van der Waals surface area contributed by atoms with E-state index in [1.165, 1.54) is 6.42 Å². The minimum atomic E-state index is 0.655. The van der Waals surface area contributed by atoms with E-state index in [9.17, 15) is 0 Å². The number of nitrogens with two attached hydrogens (primary N) is 1. The fourth-order valence-corrected chi connectivity index (χ4v) is 2.06. The molecule has 0 aliphatic carbocycles. The molecule has 0 fully saturated rings. The molecule has 1 aromatic heterocycles. The Kier molecular flexibility index (Phi) is 3.77. The molecule has 0 bridgehead atoms. The molecule has 3 nitrogen and oxygen atoms in total. The van der Waals surface area contributed by atoms with Crippen LogP contribution in [0, 0.1) is 25.7 Å². The molecule has 1 aromatic rings. The zero-order valence-electron chi connectivity index (χ0n) is 10.5. The minimum Gasteiger partial charge on any atom is -0.396 e. The van der Waals surface area contributed by atoms with Crippen LogP contribution in [0.5, 0.6) is 0 Å². The Bertz CT molecular complexity index is 326. The first-order chi connectivity index (χ1) is 6.91. The van der Waals surface area contributed by atoms with Crippen molar-refractivity contribution in [2.75, 3.05) is 5.73 Å². The van der Waals surface area contributed by atoms with Gasteiger partial charge in [-0.05, 0) is 32.1 Å². The quantitative estimate of drug-likeness (QED) is 0.828. The Morgan fingerprint density at radius 2 is 1.87 bits per heavy atom. The average Bonchev–Trinajstić information content (AvgIpc) is 2.32.